The van der Waals surface area contributed by atoms with Gasteiger partial charge < -0.3 is 13.7 Å². The molecule has 3 aliphatic rings. The fourth-order valence-electron chi connectivity index (χ4n) is 13.2. The number of hydrogen-bond donors (Lipinski definition) is 0. The van der Waals surface area contributed by atoms with E-state index < -0.39 is 0 Å². The summed E-state index contributed by atoms with van der Waals surface area (Å²) in [7, 11) is 0. The fourth-order valence-corrected chi connectivity index (χ4v) is 13.2. The Morgan fingerprint density at radius 3 is 1.61 bits per heavy atom. The van der Waals surface area contributed by atoms with Crippen molar-refractivity contribution in [1.29, 1.82) is 0 Å². The molecule has 4 heteroatoms. The summed E-state index contributed by atoms with van der Waals surface area (Å²) in [6, 6.07) is 58.2. The van der Waals surface area contributed by atoms with E-state index in [1.165, 1.54) is 83.1 Å². The van der Waals surface area contributed by atoms with Gasteiger partial charge in [0.2, 0.25) is 0 Å². The minimum absolute atomic E-state index is 0.0164. The molecule has 11 aromatic rings. The standard InChI is InChI=1S/C66H54N2O2/c1-63(2,3)37-25-27-38(28-26-37)68(39-29-31-42-48(34-39)64(4,5)50-36-46(51-22-16-17-33-67-51)61-56(54(42)50)44-19-11-14-23-52(44)69-61)40-30-32-43-49(35-40)66(8,9)60-58(43)62-57(45-20-12-15-24-53(45)70-62)55-41-18-10-13-21-47(41)65(6,7)59(55)60/h10-36H,1-9H3. The van der Waals surface area contributed by atoms with Crippen LogP contribution in [0.25, 0.3) is 88.5 Å². The molecule has 8 aromatic carbocycles. The van der Waals surface area contributed by atoms with Crippen molar-refractivity contribution in [2.75, 3.05) is 4.90 Å². The first-order valence-corrected chi connectivity index (χ1v) is 24.9. The monoisotopic (exact) mass is 906 g/mol. The van der Waals surface area contributed by atoms with Crippen LogP contribution in [-0.2, 0) is 21.7 Å². The molecule has 340 valence electrons. The van der Waals surface area contributed by atoms with Gasteiger partial charge in [-0.1, -0.05) is 153 Å². The first-order chi connectivity index (χ1) is 33.6. The molecular formula is C66H54N2O2. The summed E-state index contributed by atoms with van der Waals surface area (Å²) in [4.78, 5) is 7.33. The van der Waals surface area contributed by atoms with E-state index in [-0.39, 0.29) is 21.7 Å². The Labute approximate surface area is 409 Å². The van der Waals surface area contributed by atoms with Gasteiger partial charge in [-0.2, -0.15) is 0 Å². The zero-order valence-corrected chi connectivity index (χ0v) is 41.3. The van der Waals surface area contributed by atoms with Gasteiger partial charge in [-0.3, -0.25) is 4.98 Å². The number of para-hydroxylation sites is 2. The number of rotatable bonds is 4. The normalized spacial score (nSPS) is 15.6. The van der Waals surface area contributed by atoms with E-state index in [2.05, 4.69) is 219 Å². The number of furan rings is 2. The van der Waals surface area contributed by atoms with Crippen molar-refractivity contribution in [3.8, 4) is 44.6 Å². The van der Waals surface area contributed by atoms with Crippen LogP contribution in [0, 0.1) is 0 Å². The second kappa shape index (κ2) is 13.8. The third-order valence-corrected chi connectivity index (χ3v) is 16.6. The quantitative estimate of drug-likeness (QED) is 0.176. The number of nitrogens with zero attached hydrogens (tertiary/aromatic N) is 2. The third kappa shape index (κ3) is 5.34. The van der Waals surface area contributed by atoms with Gasteiger partial charge in [-0.05, 0) is 139 Å². The van der Waals surface area contributed by atoms with Crippen molar-refractivity contribution >= 4 is 60.9 Å². The topological polar surface area (TPSA) is 42.4 Å². The second-order valence-corrected chi connectivity index (χ2v) is 22.7. The van der Waals surface area contributed by atoms with Gasteiger partial charge in [-0.25, -0.2) is 0 Å². The van der Waals surface area contributed by atoms with Crippen molar-refractivity contribution < 1.29 is 8.83 Å². The zero-order valence-electron chi connectivity index (χ0n) is 41.3. The molecule has 0 saturated carbocycles. The molecule has 70 heavy (non-hydrogen) atoms. The molecule has 3 aromatic heterocycles. The van der Waals surface area contributed by atoms with Crippen LogP contribution in [0.2, 0.25) is 0 Å². The molecule has 0 aliphatic heterocycles. The first-order valence-electron chi connectivity index (χ1n) is 24.9. The molecule has 14 rings (SSSR count). The van der Waals surface area contributed by atoms with E-state index in [0.29, 0.717) is 0 Å². The number of hydrogen-bond acceptors (Lipinski definition) is 4. The Kier molecular flexibility index (Phi) is 8.12. The maximum absolute atomic E-state index is 7.06. The lowest BCUT2D eigenvalue weighted by Crippen LogP contribution is -2.24. The summed E-state index contributed by atoms with van der Waals surface area (Å²) in [6.07, 6.45) is 1.87. The lowest BCUT2D eigenvalue weighted by Gasteiger charge is -2.32. The highest BCUT2D eigenvalue weighted by molar-refractivity contribution is 6.21. The van der Waals surface area contributed by atoms with Crippen LogP contribution in [0.1, 0.15) is 101 Å². The summed E-state index contributed by atoms with van der Waals surface area (Å²) >= 11 is 0. The van der Waals surface area contributed by atoms with Gasteiger partial charge in [0.1, 0.15) is 22.3 Å². The summed E-state index contributed by atoms with van der Waals surface area (Å²) in [5.41, 5.74) is 25.1. The molecule has 0 atom stereocenters. The molecule has 0 unspecified atom stereocenters. The van der Waals surface area contributed by atoms with Crippen LogP contribution < -0.4 is 4.90 Å². The largest absolute Gasteiger partial charge is 0.455 e. The van der Waals surface area contributed by atoms with Gasteiger partial charge in [0.25, 0.3) is 0 Å². The van der Waals surface area contributed by atoms with Gasteiger partial charge in [0, 0.05) is 72.2 Å². The average Bonchev–Trinajstić information content (AvgIpc) is 4.11. The zero-order chi connectivity index (χ0) is 47.8. The van der Waals surface area contributed by atoms with E-state index in [1.54, 1.807) is 0 Å². The highest BCUT2D eigenvalue weighted by Crippen LogP contribution is 2.64. The first kappa shape index (κ1) is 41.3. The molecule has 3 heterocycles. The van der Waals surface area contributed by atoms with Crippen LogP contribution in [0.4, 0.5) is 17.1 Å². The van der Waals surface area contributed by atoms with Crippen LogP contribution in [0.5, 0.6) is 0 Å². The average molecular weight is 907 g/mol. The van der Waals surface area contributed by atoms with Crippen molar-refractivity contribution in [1.82, 2.24) is 4.98 Å². The minimum Gasteiger partial charge on any atom is -0.455 e. The van der Waals surface area contributed by atoms with Crippen LogP contribution in [-0.4, -0.2) is 4.98 Å². The Balaban J connectivity index is 0.990. The Morgan fingerprint density at radius 2 is 0.957 bits per heavy atom. The number of pyridine rings is 1. The van der Waals surface area contributed by atoms with Gasteiger partial charge in [0.05, 0.1) is 5.69 Å². The molecular weight excluding hydrogens is 853 g/mol. The SMILES string of the molecule is CC(C)(C)c1ccc(N(c2ccc3c(c2)C(C)(C)c2cc(-c4ccccn4)c4oc5ccccc5c4c2-3)c2ccc3c(c2)C(C)(C)c2c4c(c5c(oc6ccccc65)c2-3)-c2ccccc2C4(C)C)cc1. The molecule has 0 bridgehead atoms. The molecule has 3 aliphatic carbocycles. The van der Waals surface area contributed by atoms with E-state index >= 15 is 0 Å². The van der Waals surface area contributed by atoms with E-state index in [4.69, 9.17) is 13.8 Å². The molecule has 0 N–H and O–H groups in total. The van der Waals surface area contributed by atoms with Crippen molar-refractivity contribution in [2.24, 2.45) is 0 Å². The van der Waals surface area contributed by atoms with Crippen molar-refractivity contribution in [3.63, 3.8) is 0 Å². The summed E-state index contributed by atoms with van der Waals surface area (Å²) in [5, 5.41) is 4.68. The lowest BCUT2D eigenvalue weighted by molar-refractivity contribution is 0.590. The van der Waals surface area contributed by atoms with Crippen molar-refractivity contribution in [2.45, 2.75) is 84.0 Å². The lowest BCUT2D eigenvalue weighted by atomic mass is 9.72. The highest BCUT2D eigenvalue weighted by Gasteiger charge is 2.49. The maximum atomic E-state index is 7.06. The van der Waals surface area contributed by atoms with E-state index in [0.717, 1.165) is 61.4 Å². The molecule has 0 spiro atoms. The van der Waals surface area contributed by atoms with Crippen molar-refractivity contribution in [3.05, 3.63) is 203 Å². The summed E-state index contributed by atoms with van der Waals surface area (Å²) < 4.78 is 13.8. The second-order valence-electron chi connectivity index (χ2n) is 22.7. The van der Waals surface area contributed by atoms with Crippen LogP contribution >= 0.6 is 0 Å². The Bertz CT molecular complexity index is 4060. The Morgan fingerprint density at radius 1 is 0.429 bits per heavy atom. The molecule has 0 saturated heterocycles. The third-order valence-electron chi connectivity index (χ3n) is 16.6. The van der Waals surface area contributed by atoms with E-state index in [9.17, 15) is 0 Å². The van der Waals surface area contributed by atoms with Gasteiger partial charge >= 0.3 is 0 Å². The van der Waals surface area contributed by atoms with Crippen LogP contribution in [0.15, 0.2) is 173 Å². The number of benzene rings is 8. The fraction of sp³-hybridized carbons (Fsp3) is 0.197. The summed E-state index contributed by atoms with van der Waals surface area (Å²) in [5.74, 6) is 0. The minimum atomic E-state index is -0.343. The Hall–Kier alpha value is -7.69. The molecule has 4 nitrogen and oxygen atoms in total. The molecule has 0 amide bonds. The molecule has 0 fully saturated rings. The number of fused-ring (bicyclic) bond motifs is 19. The predicted octanol–water partition coefficient (Wildman–Crippen LogP) is 18.2. The molecule has 0 radical (unpaired) electrons. The van der Waals surface area contributed by atoms with Crippen LogP contribution in [0.3, 0.4) is 0 Å². The van der Waals surface area contributed by atoms with Gasteiger partial charge in [0.15, 0.2) is 0 Å². The maximum Gasteiger partial charge on any atom is 0.145 e. The predicted molar refractivity (Wildman–Crippen MR) is 290 cm³/mol. The smallest absolute Gasteiger partial charge is 0.145 e. The highest BCUT2D eigenvalue weighted by atomic mass is 16.3. The number of anilines is 3. The summed E-state index contributed by atoms with van der Waals surface area (Å²) in [6.45, 7) is 21.3. The van der Waals surface area contributed by atoms with Gasteiger partial charge in [-0.15, -0.1) is 0 Å². The number of aromatic nitrogens is 1. The van der Waals surface area contributed by atoms with E-state index in [1.807, 2.05) is 12.3 Å².